The predicted octanol–water partition coefficient (Wildman–Crippen LogP) is 1.37. The van der Waals surface area contributed by atoms with E-state index in [1.165, 1.54) is 0 Å². The molecule has 1 aliphatic heterocycles. The number of carbonyl (C=O) groups is 1. The number of nitrogens with one attached hydrogen (secondary N) is 2. The summed E-state index contributed by atoms with van der Waals surface area (Å²) in [6, 6.07) is 5.62. The van der Waals surface area contributed by atoms with Crippen LogP contribution in [-0.2, 0) is 11.2 Å². The summed E-state index contributed by atoms with van der Waals surface area (Å²) in [4.78, 5) is 11.6. The molecule has 0 bridgehead atoms. The summed E-state index contributed by atoms with van der Waals surface area (Å²) in [7, 11) is 1.59. The maximum atomic E-state index is 11.6. The van der Waals surface area contributed by atoms with E-state index in [0.29, 0.717) is 17.3 Å². The molecule has 0 aliphatic carbocycles. The van der Waals surface area contributed by atoms with Gasteiger partial charge in [0.05, 0.1) is 18.2 Å². The van der Waals surface area contributed by atoms with Crippen molar-refractivity contribution in [1.82, 2.24) is 10.6 Å². The van der Waals surface area contributed by atoms with Gasteiger partial charge in [-0.05, 0) is 30.5 Å². The molecule has 1 amide bonds. The third kappa shape index (κ3) is 3.15. The minimum Gasteiger partial charge on any atom is -0.495 e. The summed E-state index contributed by atoms with van der Waals surface area (Å²) < 4.78 is 5.10. The second kappa shape index (κ2) is 6.07. The second-order valence-corrected chi connectivity index (χ2v) is 4.71. The first-order chi connectivity index (χ1) is 8.70. The molecule has 5 heteroatoms. The molecule has 1 fully saturated rings. The lowest BCUT2D eigenvalue weighted by Crippen LogP contribution is -2.52. The number of hydrogen-bond donors (Lipinski definition) is 2. The number of benzene rings is 1. The Labute approximate surface area is 112 Å². The SMILES string of the molecule is COc1ccc(CCC2NCCNC2=O)cc1Cl. The van der Waals surface area contributed by atoms with E-state index >= 15 is 0 Å². The van der Waals surface area contributed by atoms with E-state index < -0.39 is 0 Å². The van der Waals surface area contributed by atoms with Crippen LogP contribution in [0.1, 0.15) is 12.0 Å². The number of methoxy groups -OCH3 is 1. The van der Waals surface area contributed by atoms with Gasteiger partial charge in [0.25, 0.3) is 0 Å². The highest BCUT2D eigenvalue weighted by molar-refractivity contribution is 6.32. The molecule has 18 heavy (non-hydrogen) atoms. The minimum absolute atomic E-state index is 0.0841. The van der Waals surface area contributed by atoms with Crippen molar-refractivity contribution in [3.63, 3.8) is 0 Å². The van der Waals surface area contributed by atoms with Gasteiger partial charge in [0.15, 0.2) is 0 Å². The Morgan fingerprint density at radius 2 is 2.28 bits per heavy atom. The largest absolute Gasteiger partial charge is 0.495 e. The molecule has 1 unspecified atom stereocenters. The molecule has 1 aliphatic rings. The zero-order chi connectivity index (χ0) is 13.0. The average Bonchev–Trinajstić information content (AvgIpc) is 2.38. The quantitative estimate of drug-likeness (QED) is 0.867. The highest BCUT2D eigenvalue weighted by Gasteiger charge is 2.20. The molecule has 1 aromatic carbocycles. The van der Waals surface area contributed by atoms with Gasteiger partial charge in [0, 0.05) is 13.1 Å². The number of rotatable bonds is 4. The lowest BCUT2D eigenvalue weighted by molar-refractivity contribution is -0.124. The fourth-order valence-corrected chi connectivity index (χ4v) is 2.34. The van der Waals surface area contributed by atoms with Crippen LogP contribution in [0.15, 0.2) is 18.2 Å². The monoisotopic (exact) mass is 268 g/mol. The third-order valence-electron chi connectivity index (χ3n) is 3.07. The first-order valence-corrected chi connectivity index (χ1v) is 6.42. The predicted molar refractivity (Wildman–Crippen MR) is 71.1 cm³/mol. The lowest BCUT2D eigenvalue weighted by atomic mass is 10.0. The highest BCUT2D eigenvalue weighted by atomic mass is 35.5. The summed E-state index contributed by atoms with van der Waals surface area (Å²) in [6.07, 6.45) is 1.59. The zero-order valence-electron chi connectivity index (χ0n) is 10.3. The van der Waals surface area contributed by atoms with E-state index in [1.54, 1.807) is 7.11 Å². The third-order valence-corrected chi connectivity index (χ3v) is 3.36. The Morgan fingerprint density at radius 3 is 2.94 bits per heavy atom. The van der Waals surface area contributed by atoms with Crippen LogP contribution in [0.4, 0.5) is 0 Å². The van der Waals surface area contributed by atoms with Gasteiger partial charge in [-0.3, -0.25) is 4.79 Å². The number of amides is 1. The van der Waals surface area contributed by atoms with Gasteiger partial charge < -0.3 is 15.4 Å². The normalized spacial score (nSPS) is 19.4. The number of piperazine rings is 1. The molecule has 2 N–H and O–H groups in total. The molecule has 1 heterocycles. The van der Waals surface area contributed by atoms with Gasteiger partial charge >= 0.3 is 0 Å². The fraction of sp³-hybridized carbons (Fsp3) is 0.462. The molecule has 0 spiro atoms. The summed E-state index contributed by atoms with van der Waals surface area (Å²) >= 11 is 6.06. The number of ether oxygens (including phenoxy) is 1. The zero-order valence-corrected chi connectivity index (χ0v) is 11.1. The Morgan fingerprint density at radius 1 is 1.44 bits per heavy atom. The van der Waals surface area contributed by atoms with Crippen molar-refractivity contribution in [3.05, 3.63) is 28.8 Å². The average molecular weight is 269 g/mol. The Hall–Kier alpha value is -1.26. The Kier molecular flexibility index (Phi) is 4.44. The molecule has 0 aromatic heterocycles. The molecule has 1 saturated heterocycles. The molecule has 0 radical (unpaired) electrons. The number of hydrogen-bond acceptors (Lipinski definition) is 3. The van der Waals surface area contributed by atoms with E-state index in [-0.39, 0.29) is 11.9 Å². The number of carbonyl (C=O) groups excluding carboxylic acids is 1. The van der Waals surface area contributed by atoms with Crippen molar-refractivity contribution in [3.8, 4) is 5.75 Å². The van der Waals surface area contributed by atoms with E-state index in [1.807, 2.05) is 18.2 Å². The Balaban J connectivity index is 1.93. The van der Waals surface area contributed by atoms with E-state index in [9.17, 15) is 4.79 Å². The number of aryl methyl sites for hydroxylation is 1. The van der Waals surface area contributed by atoms with Crippen LogP contribution in [-0.4, -0.2) is 32.1 Å². The van der Waals surface area contributed by atoms with Crippen molar-refractivity contribution >= 4 is 17.5 Å². The van der Waals surface area contributed by atoms with Crippen molar-refractivity contribution < 1.29 is 9.53 Å². The summed E-state index contributed by atoms with van der Waals surface area (Å²) in [5.74, 6) is 0.759. The van der Waals surface area contributed by atoms with Gasteiger partial charge in [-0.1, -0.05) is 17.7 Å². The van der Waals surface area contributed by atoms with E-state index in [4.69, 9.17) is 16.3 Å². The molecule has 2 rings (SSSR count). The van der Waals surface area contributed by atoms with Gasteiger partial charge in [-0.25, -0.2) is 0 Å². The van der Waals surface area contributed by atoms with Crippen molar-refractivity contribution in [2.24, 2.45) is 0 Å². The molecule has 1 atom stereocenters. The molecular weight excluding hydrogens is 252 g/mol. The fourth-order valence-electron chi connectivity index (χ4n) is 2.06. The van der Waals surface area contributed by atoms with Crippen molar-refractivity contribution in [2.75, 3.05) is 20.2 Å². The smallest absolute Gasteiger partial charge is 0.237 e. The molecule has 4 nitrogen and oxygen atoms in total. The topological polar surface area (TPSA) is 50.4 Å². The van der Waals surface area contributed by atoms with Crippen LogP contribution in [0.2, 0.25) is 5.02 Å². The van der Waals surface area contributed by atoms with Gasteiger partial charge in [-0.2, -0.15) is 0 Å². The number of halogens is 1. The van der Waals surface area contributed by atoms with Gasteiger partial charge in [-0.15, -0.1) is 0 Å². The molecule has 0 saturated carbocycles. The second-order valence-electron chi connectivity index (χ2n) is 4.31. The summed E-state index contributed by atoms with van der Waals surface area (Å²) in [5, 5.41) is 6.66. The standard InChI is InChI=1S/C13H17ClN2O2/c1-18-12-5-3-9(8-10(12)14)2-4-11-13(17)16-7-6-15-11/h3,5,8,11,15H,2,4,6-7H2,1H3,(H,16,17). The molecular formula is C13H17ClN2O2. The first kappa shape index (κ1) is 13.2. The Bertz CT molecular complexity index is 437. The van der Waals surface area contributed by atoms with Crippen molar-refractivity contribution in [2.45, 2.75) is 18.9 Å². The first-order valence-electron chi connectivity index (χ1n) is 6.04. The van der Waals surface area contributed by atoms with Crippen LogP contribution in [0.5, 0.6) is 5.75 Å². The van der Waals surface area contributed by atoms with E-state index in [2.05, 4.69) is 10.6 Å². The summed E-state index contributed by atoms with van der Waals surface area (Å²) in [6.45, 7) is 1.55. The van der Waals surface area contributed by atoms with Crippen LogP contribution < -0.4 is 15.4 Å². The molecule has 1 aromatic rings. The highest BCUT2D eigenvalue weighted by Crippen LogP contribution is 2.25. The van der Waals surface area contributed by atoms with Crippen LogP contribution in [0, 0.1) is 0 Å². The van der Waals surface area contributed by atoms with Crippen LogP contribution in [0.25, 0.3) is 0 Å². The van der Waals surface area contributed by atoms with Crippen molar-refractivity contribution in [1.29, 1.82) is 0 Å². The summed E-state index contributed by atoms with van der Waals surface area (Å²) in [5.41, 5.74) is 1.11. The maximum Gasteiger partial charge on any atom is 0.237 e. The van der Waals surface area contributed by atoms with Gasteiger partial charge in [0.2, 0.25) is 5.91 Å². The van der Waals surface area contributed by atoms with Crippen LogP contribution in [0.3, 0.4) is 0 Å². The van der Waals surface area contributed by atoms with Crippen LogP contribution >= 0.6 is 11.6 Å². The lowest BCUT2D eigenvalue weighted by Gasteiger charge is -2.23. The molecule has 98 valence electrons. The maximum absolute atomic E-state index is 11.6. The minimum atomic E-state index is -0.0976. The van der Waals surface area contributed by atoms with E-state index in [0.717, 1.165) is 24.9 Å². The van der Waals surface area contributed by atoms with Gasteiger partial charge in [0.1, 0.15) is 5.75 Å².